The Morgan fingerprint density at radius 1 is 0.947 bits per heavy atom. The number of aryl methyl sites for hydroxylation is 2. The van der Waals surface area contributed by atoms with E-state index in [0.29, 0.717) is 0 Å². The Bertz CT molecular complexity index is 484. The molecule has 0 aromatic carbocycles. The SMILES string of the molecule is CCCCc1ccc(-c2ccc(CCCC)s2)cn1. The van der Waals surface area contributed by atoms with Crippen molar-refractivity contribution < 1.29 is 0 Å². The smallest absolute Gasteiger partial charge is 0.0404 e. The van der Waals surface area contributed by atoms with Crippen molar-refractivity contribution in [3.05, 3.63) is 41.0 Å². The lowest BCUT2D eigenvalue weighted by molar-refractivity contribution is 0.777. The predicted octanol–water partition coefficient (Wildman–Crippen LogP) is 5.50. The highest BCUT2D eigenvalue weighted by Crippen LogP contribution is 2.28. The minimum atomic E-state index is 1.10. The van der Waals surface area contributed by atoms with Crippen LogP contribution in [0.25, 0.3) is 10.4 Å². The van der Waals surface area contributed by atoms with Crippen LogP contribution in [-0.4, -0.2) is 4.98 Å². The summed E-state index contributed by atoms with van der Waals surface area (Å²) >= 11 is 1.91. The standard InChI is InChI=1S/C17H23NS/c1-3-5-7-15-10-9-14(13-18-15)17-12-11-16(19-17)8-6-4-2/h9-13H,3-8H2,1-2H3. The van der Waals surface area contributed by atoms with Crippen molar-refractivity contribution in [2.24, 2.45) is 0 Å². The molecule has 2 rings (SSSR count). The van der Waals surface area contributed by atoms with Crippen molar-refractivity contribution in [3.8, 4) is 10.4 Å². The van der Waals surface area contributed by atoms with E-state index in [1.165, 1.54) is 53.1 Å². The van der Waals surface area contributed by atoms with E-state index in [2.05, 4.69) is 43.1 Å². The van der Waals surface area contributed by atoms with Crippen LogP contribution < -0.4 is 0 Å². The van der Waals surface area contributed by atoms with Crippen molar-refractivity contribution in [2.45, 2.75) is 52.4 Å². The molecule has 0 fully saturated rings. The number of nitrogens with zero attached hydrogens (tertiary/aromatic N) is 1. The molecule has 0 atom stereocenters. The first kappa shape index (κ1) is 14.3. The van der Waals surface area contributed by atoms with E-state index in [4.69, 9.17) is 0 Å². The molecular weight excluding hydrogens is 250 g/mol. The summed E-state index contributed by atoms with van der Waals surface area (Å²) in [7, 11) is 0. The maximum atomic E-state index is 4.57. The van der Waals surface area contributed by atoms with Gasteiger partial charge < -0.3 is 0 Å². The van der Waals surface area contributed by atoms with Gasteiger partial charge >= 0.3 is 0 Å². The fourth-order valence-electron chi connectivity index (χ4n) is 2.09. The van der Waals surface area contributed by atoms with E-state index in [-0.39, 0.29) is 0 Å². The Labute approximate surface area is 120 Å². The van der Waals surface area contributed by atoms with E-state index in [0.717, 1.165) is 6.42 Å². The summed E-state index contributed by atoms with van der Waals surface area (Å²) in [5.41, 5.74) is 2.47. The van der Waals surface area contributed by atoms with Crippen LogP contribution in [-0.2, 0) is 12.8 Å². The lowest BCUT2D eigenvalue weighted by Gasteiger charge is -2.01. The molecule has 0 bridgehead atoms. The van der Waals surface area contributed by atoms with Gasteiger partial charge in [0, 0.05) is 27.2 Å². The monoisotopic (exact) mass is 273 g/mol. The van der Waals surface area contributed by atoms with Crippen LogP contribution in [0, 0.1) is 0 Å². The molecule has 2 aromatic heterocycles. The number of rotatable bonds is 7. The van der Waals surface area contributed by atoms with Gasteiger partial charge in [-0.05, 0) is 43.9 Å². The summed E-state index contributed by atoms with van der Waals surface area (Å²) in [6.07, 6.45) is 9.35. The normalized spacial score (nSPS) is 10.8. The molecule has 2 aromatic rings. The Morgan fingerprint density at radius 3 is 2.42 bits per heavy atom. The zero-order valence-electron chi connectivity index (χ0n) is 12.0. The van der Waals surface area contributed by atoms with Crippen LogP contribution in [0.1, 0.15) is 50.1 Å². The first-order valence-corrected chi connectivity index (χ1v) is 8.19. The average Bonchev–Trinajstić information content (AvgIpc) is 2.92. The summed E-state index contributed by atoms with van der Waals surface area (Å²) in [5, 5.41) is 0. The zero-order valence-corrected chi connectivity index (χ0v) is 12.8. The highest BCUT2D eigenvalue weighted by Gasteiger charge is 2.03. The van der Waals surface area contributed by atoms with E-state index < -0.39 is 0 Å². The highest BCUT2D eigenvalue weighted by atomic mass is 32.1. The quantitative estimate of drug-likeness (QED) is 0.649. The van der Waals surface area contributed by atoms with Crippen molar-refractivity contribution in [1.29, 1.82) is 0 Å². The third kappa shape index (κ3) is 4.17. The van der Waals surface area contributed by atoms with Crippen LogP contribution in [0.2, 0.25) is 0 Å². The van der Waals surface area contributed by atoms with Gasteiger partial charge in [0.1, 0.15) is 0 Å². The molecule has 102 valence electrons. The summed E-state index contributed by atoms with van der Waals surface area (Å²) in [4.78, 5) is 7.41. The van der Waals surface area contributed by atoms with Gasteiger partial charge in [0.15, 0.2) is 0 Å². The molecule has 0 unspecified atom stereocenters. The average molecular weight is 273 g/mol. The molecule has 2 heterocycles. The molecule has 0 N–H and O–H groups in total. The minimum absolute atomic E-state index is 1.10. The van der Waals surface area contributed by atoms with E-state index >= 15 is 0 Å². The first-order valence-electron chi connectivity index (χ1n) is 7.37. The van der Waals surface area contributed by atoms with Crippen LogP contribution >= 0.6 is 11.3 Å². The van der Waals surface area contributed by atoms with Crippen LogP contribution in [0.5, 0.6) is 0 Å². The lowest BCUT2D eigenvalue weighted by Crippen LogP contribution is -1.89. The molecule has 0 amide bonds. The summed E-state index contributed by atoms with van der Waals surface area (Å²) in [5.74, 6) is 0. The van der Waals surface area contributed by atoms with Gasteiger partial charge in [0.25, 0.3) is 0 Å². The first-order chi connectivity index (χ1) is 9.33. The fraction of sp³-hybridized carbons (Fsp3) is 0.471. The number of hydrogen-bond acceptors (Lipinski definition) is 2. The number of hydrogen-bond donors (Lipinski definition) is 0. The molecule has 1 nitrogen and oxygen atoms in total. The fourth-order valence-corrected chi connectivity index (χ4v) is 3.13. The topological polar surface area (TPSA) is 12.9 Å². The van der Waals surface area contributed by atoms with Gasteiger partial charge in [-0.25, -0.2) is 0 Å². The molecular formula is C17H23NS. The molecule has 0 radical (unpaired) electrons. The number of pyridine rings is 1. The second-order valence-electron chi connectivity index (χ2n) is 5.01. The Kier molecular flexibility index (Phi) is 5.59. The minimum Gasteiger partial charge on any atom is -0.261 e. The van der Waals surface area contributed by atoms with Crippen LogP contribution in [0.15, 0.2) is 30.5 Å². The molecule has 0 aliphatic carbocycles. The summed E-state index contributed by atoms with van der Waals surface area (Å²) in [6, 6.07) is 8.89. The Morgan fingerprint density at radius 2 is 1.74 bits per heavy atom. The summed E-state index contributed by atoms with van der Waals surface area (Å²) in [6.45, 7) is 4.46. The molecule has 2 heteroatoms. The van der Waals surface area contributed by atoms with Gasteiger partial charge in [-0.3, -0.25) is 4.98 Å². The molecule has 0 aliphatic heterocycles. The van der Waals surface area contributed by atoms with Crippen LogP contribution in [0.4, 0.5) is 0 Å². The number of unbranched alkanes of at least 4 members (excludes halogenated alkanes) is 2. The molecule has 19 heavy (non-hydrogen) atoms. The number of aromatic nitrogens is 1. The third-order valence-corrected chi connectivity index (χ3v) is 4.53. The van der Waals surface area contributed by atoms with Gasteiger partial charge in [-0.15, -0.1) is 11.3 Å². The molecule has 0 saturated carbocycles. The lowest BCUT2D eigenvalue weighted by atomic mass is 10.1. The van der Waals surface area contributed by atoms with E-state index in [9.17, 15) is 0 Å². The zero-order chi connectivity index (χ0) is 13.5. The summed E-state index contributed by atoms with van der Waals surface area (Å²) < 4.78 is 0. The van der Waals surface area contributed by atoms with Gasteiger partial charge in [-0.2, -0.15) is 0 Å². The third-order valence-electron chi connectivity index (χ3n) is 3.33. The molecule has 0 spiro atoms. The van der Waals surface area contributed by atoms with E-state index in [1.54, 1.807) is 0 Å². The maximum Gasteiger partial charge on any atom is 0.0404 e. The predicted molar refractivity (Wildman–Crippen MR) is 84.8 cm³/mol. The van der Waals surface area contributed by atoms with Gasteiger partial charge in [0.05, 0.1) is 0 Å². The molecule has 0 saturated heterocycles. The van der Waals surface area contributed by atoms with Crippen molar-refractivity contribution in [3.63, 3.8) is 0 Å². The van der Waals surface area contributed by atoms with Gasteiger partial charge in [-0.1, -0.05) is 32.8 Å². The van der Waals surface area contributed by atoms with Gasteiger partial charge in [0.2, 0.25) is 0 Å². The van der Waals surface area contributed by atoms with Crippen molar-refractivity contribution in [1.82, 2.24) is 4.98 Å². The van der Waals surface area contributed by atoms with Crippen molar-refractivity contribution in [2.75, 3.05) is 0 Å². The largest absolute Gasteiger partial charge is 0.261 e. The second kappa shape index (κ2) is 7.44. The highest BCUT2D eigenvalue weighted by molar-refractivity contribution is 7.15. The Balaban J connectivity index is 2.02. The second-order valence-corrected chi connectivity index (χ2v) is 6.18. The maximum absolute atomic E-state index is 4.57. The molecule has 0 aliphatic rings. The van der Waals surface area contributed by atoms with E-state index in [1.807, 2.05) is 17.5 Å². The van der Waals surface area contributed by atoms with Crippen molar-refractivity contribution >= 4 is 11.3 Å². The Hall–Kier alpha value is -1.15. The van der Waals surface area contributed by atoms with Crippen LogP contribution in [0.3, 0.4) is 0 Å². The number of thiophene rings is 1.